The van der Waals surface area contributed by atoms with E-state index in [4.69, 9.17) is 0 Å². The van der Waals surface area contributed by atoms with Crippen molar-refractivity contribution in [1.82, 2.24) is 9.62 Å². The van der Waals surface area contributed by atoms with Crippen LogP contribution in [0.2, 0.25) is 0 Å². The van der Waals surface area contributed by atoms with E-state index in [1.807, 2.05) is 0 Å². The molecular weight excluding hydrogens is 400 g/mol. The second-order valence-corrected chi connectivity index (χ2v) is 11.1. The molecule has 0 bridgehead atoms. The topological polar surface area (TPSA) is 104 Å². The van der Waals surface area contributed by atoms with Crippen LogP contribution < -0.4 is 5.32 Å². The van der Waals surface area contributed by atoms with E-state index < -0.39 is 31.4 Å². The summed E-state index contributed by atoms with van der Waals surface area (Å²) in [7, 11) is -7.25. The van der Waals surface area contributed by atoms with Crippen molar-refractivity contribution in [1.29, 1.82) is 0 Å². The molecule has 7 nitrogen and oxygen atoms in total. The summed E-state index contributed by atoms with van der Waals surface area (Å²) < 4.78 is 49.1. The number of carbonyl (C=O) groups excluding carboxylic acids is 1. The van der Waals surface area contributed by atoms with Crippen molar-refractivity contribution in [2.45, 2.75) is 49.5 Å². The van der Waals surface area contributed by atoms with Gasteiger partial charge in [-0.05, 0) is 43.0 Å². The lowest BCUT2D eigenvalue weighted by molar-refractivity contribution is 0.167. The van der Waals surface area contributed by atoms with Gasteiger partial charge in [-0.25, -0.2) is 21.7 Å². The van der Waals surface area contributed by atoms with E-state index in [2.05, 4.69) is 11.9 Å². The summed E-state index contributed by atoms with van der Waals surface area (Å²) in [5, 5.41) is 2.65. The fourth-order valence-electron chi connectivity index (χ4n) is 4.18. The normalized spacial score (nSPS) is 24.6. The SMILES string of the molecule is C=C1C(c2ccc(S(C)(=O)=O)cc2)=S(=O)(O)N(C(=O)NCC)C12CCCCC2. The first-order valence-electron chi connectivity index (χ1n) is 9.28. The quantitative estimate of drug-likeness (QED) is 0.571. The number of hydrogen-bond acceptors (Lipinski definition) is 4. The van der Waals surface area contributed by atoms with E-state index in [1.54, 1.807) is 6.92 Å². The van der Waals surface area contributed by atoms with Crippen LogP contribution in [0.4, 0.5) is 4.79 Å². The highest BCUT2D eigenvalue weighted by Gasteiger charge is 2.55. The van der Waals surface area contributed by atoms with Gasteiger partial charge in [0, 0.05) is 12.8 Å². The highest BCUT2D eigenvalue weighted by molar-refractivity contribution is 7.96. The molecule has 2 amide bonds. The van der Waals surface area contributed by atoms with E-state index in [0.717, 1.165) is 29.8 Å². The molecule has 0 radical (unpaired) electrons. The number of benzene rings is 1. The molecule has 0 saturated heterocycles. The highest BCUT2D eigenvalue weighted by atomic mass is 32.2. The Balaban J connectivity index is 2.18. The molecule has 1 heterocycles. The molecule has 1 atom stereocenters. The Morgan fingerprint density at radius 2 is 1.82 bits per heavy atom. The van der Waals surface area contributed by atoms with Gasteiger partial charge in [0.25, 0.3) is 0 Å². The molecule has 1 aliphatic heterocycles. The Hall–Kier alpha value is -1.84. The Bertz CT molecular complexity index is 1030. The van der Waals surface area contributed by atoms with Gasteiger partial charge in [-0.1, -0.05) is 38.0 Å². The van der Waals surface area contributed by atoms with E-state index in [0.29, 0.717) is 30.5 Å². The molecular formula is C19H26N2O5S2. The van der Waals surface area contributed by atoms with Crippen LogP contribution in [0.25, 0.3) is 0 Å². The van der Waals surface area contributed by atoms with Crippen LogP contribution in [-0.2, 0) is 19.8 Å². The maximum absolute atomic E-state index is 13.5. The lowest BCUT2D eigenvalue weighted by atomic mass is 9.75. The van der Waals surface area contributed by atoms with Crippen LogP contribution in [0.15, 0.2) is 41.3 Å². The van der Waals surface area contributed by atoms with Crippen molar-refractivity contribution in [3.05, 3.63) is 42.0 Å². The standard InChI is InChI=1S/C19H26N2O5S2/c1-4-20-18(22)21-19(12-6-5-7-13-19)14(2)17(28(21,25)26)15-8-10-16(11-9-15)27(3,23)24/h8-11H,2,4-7,12-13H2,1,3H3,(H,20,22)(H,25,26). The molecule has 2 aliphatic rings. The van der Waals surface area contributed by atoms with Crippen molar-refractivity contribution >= 4 is 30.7 Å². The summed E-state index contributed by atoms with van der Waals surface area (Å²) in [4.78, 5) is 13.0. The van der Waals surface area contributed by atoms with Crippen LogP contribution >= 0.6 is 0 Å². The predicted octanol–water partition coefficient (Wildman–Crippen LogP) is 2.59. The Morgan fingerprint density at radius 1 is 1.25 bits per heavy atom. The third-order valence-corrected chi connectivity index (χ3v) is 8.63. The first-order chi connectivity index (χ1) is 13.1. The molecule has 3 rings (SSSR count). The van der Waals surface area contributed by atoms with Gasteiger partial charge < -0.3 is 5.32 Å². The number of urea groups is 1. The van der Waals surface area contributed by atoms with Crippen LogP contribution in [0, 0.1) is 0 Å². The van der Waals surface area contributed by atoms with Crippen molar-refractivity contribution in [3.8, 4) is 0 Å². The minimum atomic E-state index is -3.87. The fourth-order valence-corrected chi connectivity index (χ4v) is 7.00. The Kier molecular flexibility index (Phi) is 5.37. The zero-order valence-electron chi connectivity index (χ0n) is 16.1. The Morgan fingerprint density at radius 3 is 2.32 bits per heavy atom. The molecule has 28 heavy (non-hydrogen) atoms. The molecule has 1 aromatic carbocycles. The van der Waals surface area contributed by atoms with Gasteiger partial charge in [0.1, 0.15) is 0 Å². The average molecular weight is 427 g/mol. The first kappa shape index (κ1) is 20.9. The highest BCUT2D eigenvalue weighted by Crippen LogP contribution is 2.46. The molecule has 9 heteroatoms. The van der Waals surface area contributed by atoms with E-state index in [1.165, 1.54) is 24.3 Å². The maximum Gasteiger partial charge on any atom is 0.331 e. The number of sulfone groups is 1. The monoisotopic (exact) mass is 426 g/mol. The Labute approximate surface area is 166 Å². The van der Waals surface area contributed by atoms with Crippen molar-refractivity contribution in [2.24, 2.45) is 0 Å². The third-order valence-electron chi connectivity index (χ3n) is 5.48. The molecule has 2 N–H and O–H groups in total. The summed E-state index contributed by atoms with van der Waals surface area (Å²) in [6, 6.07) is 5.24. The summed E-state index contributed by atoms with van der Waals surface area (Å²) in [6.07, 6.45) is 4.93. The molecule has 1 unspecified atom stereocenters. The van der Waals surface area contributed by atoms with Gasteiger partial charge in [-0.2, -0.15) is 0 Å². The van der Waals surface area contributed by atoms with Crippen LogP contribution in [0.3, 0.4) is 0 Å². The lowest BCUT2D eigenvalue weighted by Gasteiger charge is -2.41. The third kappa shape index (κ3) is 3.25. The zero-order chi connectivity index (χ0) is 20.7. The summed E-state index contributed by atoms with van der Waals surface area (Å²) >= 11 is 0. The molecule has 1 aliphatic carbocycles. The van der Waals surface area contributed by atoms with Gasteiger partial charge in [0.15, 0.2) is 19.8 Å². The summed E-state index contributed by atoms with van der Waals surface area (Å²) in [6.45, 7) is 6.23. The molecule has 1 fully saturated rings. The first-order valence-corrected chi connectivity index (χ1v) is 12.6. The fraction of sp³-hybridized carbons (Fsp3) is 0.474. The van der Waals surface area contributed by atoms with E-state index >= 15 is 0 Å². The van der Waals surface area contributed by atoms with Gasteiger partial charge in [0.05, 0.1) is 15.3 Å². The zero-order valence-corrected chi connectivity index (χ0v) is 17.7. The van der Waals surface area contributed by atoms with Crippen LogP contribution in [0.5, 0.6) is 0 Å². The molecule has 0 aromatic heterocycles. The van der Waals surface area contributed by atoms with E-state index in [-0.39, 0.29) is 9.76 Å². The number of rotatable bonds is 3. The minimum Gasteiger partial charge on any atom is -0.337 e. The van der Waals surface area contributed by atoms with Crippen molar-refractivity contribution in [3.63, 3.8) is 0 Å². The average Bonchev–Trinajstić information content (AvgIpc) is 2.78. The van der Waals surface area contributed by atoms with E-state index in [9.17, 15) is 22.0 Å². The molecule has 1 spiro atoms. The maximum atomic E-state index is 13.5. The number of amides is 2. The summed E-state index contributed by atoms with van der Waals surface area (Å²) in [5.74, 6) is 0. The van der Waals surface area contributed by atoms with Crippen LogP contribution in [-0.4, -0.2) is 50.7 Å². The lowest BCUT2D eigenvalue weighted by Crippen LogP contribution is -2.55. The number of carbonyl (C=O) groups is 1. The van der Waals surface area contributed by atoms with Gasteiger partial charge in [0.2, 0.25) is 0 Å². The second kappa shape index (κ2) is 7.20. The largest absolute Gasteiger partial charge is 0.337 e. The van der Waals surface area contributed by atoms with Gasteiger partial charge in [-0.15, -0.1) is 0 Å². The number of nitrogens with one attached hydrogen (secondary N) is 1. The minimum absolute atomic E-state index is 0.112. The van der Waals surface area contributed by atoms with Crippen molar-refractivity contribution < 1.29 is 22.0 Å². The number of nitrogens with zero attached hydrogens (tertiary/aromatic N) is 1. The predicted molar refractivity (Wildman–Crippen MR) is 110 cm³/mol. The smallest absolute Gasteiger partial charge is 0.331 e. The van der Waals surface area contributed by atoms with Gasteiger partial charge >= 0.3 is 6.03 Å². The molecule has 154 valence electrons. The van der Waals surface area contributed by atoms with Gasteiger partial charge in [-0.3, -0.25) is 4.55 Å². The van der Waals surface area contributed by atoms with Crippen molar-refractivity contribution in [2.75, 3.05) is 12.8 Å². The number of hydrogen-bond donors (Lipinski definition) is 2. The molecule has 1 aromatic rings. The second-order valence-electron chi connectivity index (χ2n) is 7.32. The van der Waals surface area contributed by atoms with Crippen LogP contribution in [0.1, 0.15) is 44.6 Å². The molecule has 1 saturated carbocycles. The summed E-state index contributed by atoms with van der Waals surface area (Å²) in [5.41, 5.74) is -0.0199.